The van der Waals surface area contributed by atoms with E-state index in [1.165, 1.54) is 22.2 Å². The van der Waals surface area contributed by atoms with Crippen molar-refractivity contribution < 1.29 is 28.4 Å². The number of esters is 1. The minimum absolute atomic E-state index is 0.0433. The van der Waals surface area contributed by atoms with Gasteiger partial charge in [0.15, 0.2) is 5.82 Å². The van der Waals surface area contributed by atoms with Crippen LogP contribution in [-0.4, -0.2) is 74.8 Å². The second kappa shape index (κ2) is 13.1. The number of halogens is 3. The van der Waals surface area contributed by atoms with E-state index < -0.39 is 45.7 Å². The van der Waals surface area contributed by atoms with Crippen molar-refractivity contribution >= 4 is 61.9 Å². The highest BCUT2D eigenvalue weighted by atomic mass is 79.9. The summed E-state index contributed by atoms with van der Waals surface area (Å²) in [6.45, 7) is 11.8. The second-order valence-corrected chi connectivity index (χ2v) is 13.6. The van der Waals surface area contributed by atoms with Crippen LogP contribution in [-0.2, 0) is 14.3 Å². The van der Waals surface area contributed by atoms with Gasteiger partial charge in [-0.25, -0.2) is 23.9 Å². The molecule has 0 N–H and O–H groups in total. The predicted molar refractivity (Wildman–Crippen MR) is 174 cm³/mol. The molecule has 0 saturated carbocycles. The molecule has 1 aliphatic rings. The molecule has 0 spiro atoms. The monoisotopic (exact) mass is 724 g/mol. The van der Waals surface area contributed by atoms with Crippen LogP contribution in [0.2, 0.25) is 5.02 Å². The summed E-state index contributed by atoms with van der Waals surface area (Å²) in [7, 11) is 1.13. The number of aromatic nitrogens is 3. The van der Waals surface area contributed by atoms with Crippen molar-refractivity contribution in [1.82, 2.24) is 19.4 Å². The Balaban J connectivity index is 2.14. The van der Waals surface area contributed by atoms with E-state index in [-0.39, 0.29) is 63.2 Å². The van der Waals surface area contributed by atoms with Gasteiger partial charge in [0.1, 0.15) is 23.7 Å². The fourth-order valence-electron chi connectivity index (χ4n) is 5.45. The van der Waals surface area contributed by atoms with Gasteiger partial charge in [-0.05, 0) is 54.6 Å². The zero-order valence-electron chi connectivity index (χ0n) is 26.7. The third kappa shape index (κ3) is 6.39. The molecular formula is C30H35BrClFN6O7. The van der Waals surface area contributed by atoms with Crippen molar-refractivity contribution in [2.75, 3.05) is 31.6 Å². The first-order chi connectivity index (χ1) is 21.4. The van der Waals surface area contributed by atoms with Gasteiger partial charge in [-0.2, -0.15) is 0 Å². The number of piperazine rings is 1. The lowest BCUT2D eigenvalue weighted by molar-refractivity contribution is -0.385. The van der Waals surface area contributed by atoms with Crippen molar-refractivity contribution in [2.24, 2.45) is 0 Å². The number of amides is 1. The van der Waals surface area contributed by atoms with E-state index in [9.17, 15) is 24.5 Å². The molecule has 4 rings (SSSR count). The Kier molecular flexibility index (Phi) is 9.97. The molecule has 2 aromatic heterocycles. The van der Waals surface area contributed by atoms with Gasteiger partial charge in [0.05, 0.1) is 50.7 Å². The first kappa shape index (κ1) is 35.0. The number of pyridine rings is 1. The van der Waals surface area contributed by atoms with Crippen molar-refractivity contribution in [2.45, 2.75) is 71.9 Å². The molecule has 1 fully saturated rings. The number of benzene rings is 1. The number of hydrogen-bond donors (Lipinski definition) is 0. The van der Waals surface area contributed by atoms with Crippen LogP contribution in [0.3, 0.4) is 0 Å². The van der Waals surface area contributed by atoms with Crippen molar-refractivity contribution in [3.63, 3.8) is 0 Å². The van der Waals surface area contributed by atoms with Crippen LogP contribution in [0.4, 0.5) is 20.6 Å². The summed E-state index contributed by atoms with van der Waals surface area (Å²) in [5, 5.41) is 12.6. The van der Waals surface area contributed by atoms with Crippen molar-refractivity contribution in [3.05, 3.63) is 59.6 Å². The Morgan fingerprint density at radius 3 is 2.22 bits per heavy atom. The van der Waals surface area contributed by atoms with Gasteiger partial charge in [0.25, 0.3) is 0 Å². The molecule has 248 valence electrons. The van der Waals surface area contributed by atoms with Crippen LogP contribution >= 0.6 is 27.5 Å². The molecule has 1 aromatic carbocycles. The van der Waals surface area contributed by atoms with Gasteiger partial charge in [-0.1, -0.05) is 39.3 Å². The third-order valence-corrected chi connectivity index (χ3v) is 8.72. The van der Waals surface area contributed by atoms with E-state index in [2.05, 4.69) is 25.9 Å². The van der Waals surface area contributed by atoms with Gasteiger partial charge < -0.3 is 19.3 Å². The average Bonchev–Trinajstić information content (AvgIpc) is 2.97. The highest BCUT2D eigenvalue weighted by Gasteiger charge is 2.42. The Bertz CT molecular complexity index is 1770. The molecule has 0 unspecified atom stereocenters. The SMILES string of the molecule is COC(=O)[C@H]1CN(C(=O)OC(C)(C)C)CCN1c1c([N+](=O)[O-])c(=O)n(-c2c(C(C)C)ncnc2C(C)C)c2c(F)c(Br)c(Cl)cc12. The Labute approximate surface area is 277 Å². The van der Waals surface area contributed by atoms with Crippen LogP contribution in [0.1, 0.15) is 71.7 Å². The number of nitrogens with zero attached hydrogens (tertiary/aromatic N) is 6. The maximum Gasteiger partial charge on any atom is 0.410 e. The smallest absolute Gasteiger partial charge is 0.410 e. The normalized spacial score (nSPS) is 15.5. The molecule has 1 aliphatic heterocycles. The van der Waals surface area contributed by atoms with Crippen LogP contribution in [0, 0.1) is 15.9 Å². The highest BCUT2D eigenvalue weighted by Crippen LogP contribution is 2.43. The number of anilines is 1. The summed E-state index contributed by atoms with van der Waals surface area (Å²) in [5.74, 6) is -2.39. The number of nitro groups is 1. The Morgan fingerprint density at radius 2 is 1.72 bits per heavy atom. The summed E-state index contributed by atoms with van der Waals surface area (Å²) in [4.78, 5) is 63.9. The molecule has 0 radical (unpaired) electrons. The predicted octanol–water partition coefficient (Wildman–Crippen LogP) is 6.09. The number of carbonyl (C=O) groups is 2. The molecule has 16 heteroatoms. The Hall–Kier alpha value is -3.85. The van der Waals surface area contributed by atoms with E-state index in [1.54, 1.807) is 20.8 Å². The fraction of sp³-hybridized carbons (Fsp3) is 0.500. The first-order valence-corrected chi connectivity index (χ1v) is 15.7. The summed E-state index contributed by atoms with van der Waals surface area (Å²) in [6, 6.07) is -0.0310. The second-order valence-electron chi connectivity index (χ2n) is 12.4. The number of hydrogen-bond acceptors (Lipinski definition) is 10. The van der Waals surface area contributed by atoms with Gasteiger partial charge in [-0.15, -0.1) is 0 Å². The van der Waals surface area contributed by atoms with E-state index in [4.69, 9.17) is 21.1 Å². The number of fused-ring (bicyclic) bond motifs is 1. The quantitative estimate of drug-likeness (QED) is 0.126. The molecule has 46 heavy (non-hydrogen) atoms. The van der Waals surface area contributed by atoms with E-state index >= 15 is 4.39 Å². The number of ether oxygens (including phenoxy) is 2. The number of rotatable bonds is 6. The number of methoxy groups -OCH3 is 1. The fourth-order valence-corrected chi connectivity index (χ4v) is 5.95. The summed E-state index contributed by atoms with van der Waals surface area (Å²) >= 11 is 9.60. The van der Waals surface area contributed by atoms with Gasteiger partial charge in [0, 0.05) is 18.5 Å². The third-order valence-electron chi connectivity index (χ3n) is 7.42. The summed E-state index contributed by atoms with van der Waals surface area (Å²) in [5.41, 5.74) is -2.76. The van der Waals surface area contributed by atoms with Crippen molar-refractivity contribution in [3.8, 4) is 5.69 Å². The van der Waals surface area contributed by atoms with Crippen LogP contribution < -0.4 is 10.5 Å². The zero-order valence-corrected chi connectivity index (χ0v) is 29.0. The van der Waals surface area contributed by atoms with Crippen LogP contribution in [0.15, 0.2) is 21.7 Å². The van der Waals surface area contributed by atoms with Gasteiger partial charge >= 0.3 is 23.3 Å². The minimum Gasteiger partial charge on any atom is -0.467 e. The van der Waals surface area contributed by atoms with E-state index in [1.807, 2.05) is 27.7 Å². The number of carbonyl (C=O) groups excluding carboxylic acids is 2. The lowest BCUT2D eigenvalue weighted by Crippen LogP contribution is -2.59. The molecule has 1 saturated heterocycles. The average molecular weight is 726 g/mol. The minimum atomic E-state index is -1.33. The molecular weight excluding hydrogens is 691 g/mol. The molecule has 0 aliphatic carbocycles. The van der Waals surface area contributed by atoms with Crippen LogP contribution in [0.5, 0.6) is 0 Å². The lowest BCUT2D eigenvalue weighted by Gasteiger charge is -2.41. The topological polar surface area (TPSA) is 150 Å². The molecule has 3 heterocycles. The van der Waals surface area contributed by atoms with E-state index in [0.29, 0.717) is 11.4 Å². The van der Waals surface area contributed by atoms with Gasteiger partial charge in [-0.3, -0.25) is 19.5 Å². The molecule has 1 amide bonds. The maximum absolute atomic E-state index is 16.5. The van der Waals surface area contributed by atoms with Crippen LogP contribution in [0.25, 0.3) is 16.6 Å². The zero-order chi connectivity index (χ0) is 34.4. The maximum atomic E-state index is 16.5. The lowest BCUT2D eigenvalue weighted by atomic mass is 10.00. The Morgan fingerprint density at radius 1 is 1.13 bits per heavy atom. The molecule has 0 bridgehead atoms. The largest absolute Gasteiger partial charge is 0.467 e. The highest BCUT2D eigenvalue weighted by molar-refractivity contribution is 9.10. The molecule has 13 nitrogen and oxygen atoms in total. The molecule has 3 aromatic rings. The summed E-state index contributed by atoms with van der Waals surface area (Å²) in [6.07, 6.45) is 0.624. The molecule has 1 atom stereocenters. The van der Waals surface area contributed by atoms with Crippen molar-refractivity contribution in [1.29, 1.82) is 0 Å². The first-order valence-electron chi connectivity index (χ1n) is 14.5. The van der Waals surface area contributed by atoms with Gasteiger partial charge in [0.2, 0.25) is 0 Å². The summed E-state index contributed by atoms with van der Waals surface area (Å²) < 4.78 is 27.7. The standard InChI is InChI=1S/C30H35BrClFN6O7/c1-14(2)21-25(22(15(3)4)35-13-34-21)38-23-16(11-17(32)19(31)20(23)33)24(26(27(38)40)39(43)44)37-10-9-36(12-18(37)28(41)45-8)29(42)46-30(5,6)7/h11,13-15,18H,9-10,12H2,1-8H3/t18-/m1/s1. The van der Waals surface area contributed by atoms with E-state index in [0.717, 1.165) is 11.7 Å².